The third-order valence-electron chi connectivity index (χ3n) is 5.61. The van der Waals surface area contributed by atoms with Crippen LogP contribution in [0.4, 0.5) is 11.4 Å². The van der Waals surface area contributed by atoms with Gasteiger partial charge in [0.05, 0.1) is 7.11 Å². The summed E-state index contributed by atoms with van der Waals surface area (Å²) in [4.78, 5) is 37.7. The zero-order chi connectivity index (χ0) is 23.4. The molecule has 3 aromatic carbocycles. The number of carboxylic acid groups (broad SMARTS) is 1. The number of carboxylic acids is 1. The Morgan fingerprint density at radius 2 is 1.62 bits per heavy atom. The van der Waals surface area contributed by atoms with Gasteiger partial charge in [0.15, 0.2) is 0 Å². The molecule has 0 saturated carbocycles. The minimum atomic E-state index is -1.20. The zero-order valence-corrected chi connectivity index (χ0v) is 21.2. The van der Waals surface area contributed by atoms with Crippen LogP contribution in [0.3, 0.4) is 0 Å². The summed E-state index contributed by atoms with van der Waals surface area (Å²) < 4.78 is 5.16. The van der Waals surface area contributed by atoms with Crippen molar-refractivity contribution in [2.24, 2.45) is 0 Å². The minimum absolute atomic E-state index is 0. The molecule has 9 heteroatoms. The van der Waals surface area contributed by atoms with Crippen molar-refractivity contribution in [2.75, 3.05) is 37.4 Å². The van der Waals surface area contributed by atoms with Crippen molar-refractivity contribution >= 4 is 39.9 Å². The van der Waals surface area contributed by atoms with Gasteiger partial charge in [-0.05, 0) is 55.3 Å². The molecule has 1 aliphatic rings. The standard InChI is InChI=1S/C25H25N3O5.Na/c1-33-17-9-7-16(8-10-17)26-13-14-27-21-12-11-20-23-18(21)4-2-5-19(23)24(31)28(25(20)32)15-3-6-22(29)30;/h2,4-5,7-12,26-27H,3,6,13-15H2,1H3,(H,29,30);/q;+1/p-1. The second kappa shape index (κ2) is 11.4. The Labute approximate surface area is 219 Å². The van der Waals surface area contributed by atoms with E-state index in [0.29, 0.717) is 29.6 Å². The number of nitrogens with one attached hydrogen (secondary N) is 2. The predicted molar refractivity (Wildman–Crippen MR) is 124 cm³/mol. The summed E-state index contributed by atoms with van der Waals surface area (Å²) in [6.45, 7) is 1.33. The first-order valence-corrected chi connectivity index (χ1v) is 10.7. The van der Waals surface area contributed by atoms with E-state index in [-0.39, 0.29) is 48.9 Å². The van der Waals surface area contributed by atoms with Gasteiger partial charge in [0.1, 0.15) is 5.75 Å². The zero-order valence-electron chi connectivity index (χ0n) is 19.2. The second-order valence-electron chi connectivity index (χ2n) is 7.71. The summed E-state index contributed by atoms with van der Waals surface area (Å²) in [5, 5.41) is 18.8. The van der Waals surface area contributed by atoms with Gasteiger partial charge in [-0.25, -0.2) is 0 Å². The number of rotatable bonds is 10. The molecule has 0 aromatic heterocycles. The number of nitrogens with zero attached hydrogens (tertiary/aromatic N) is 1. The number of carbonyl (C=O) groups excluding carboxylic acids is 3. The first kappa shape index (κ1) is 25.6. The molecule has 0 radical (unpaired) electrons. The molecule has 1 heterocycles. The van der Waals surface area contributed by atoms with Crippen LogP contribution in [0, 0.1) is 0 Å². The van der Waals surface area contributed by atoms with E-state index in [9.17, 15) is 19.5 Å². The smallest absolute Gasteiger partial charge is 0.550 e. The number of ether oxygens (including phenoxy) is 1. The molecule has 0 saturated heterocycles. The van der Waals surface area contributed by atoms with Crippen molar-refractivity contribution in [1.82, 2.24) is 4.90 Å². The fraction of sp³-hybridized carbons (Fsp3) is 0.240. The normalized spacial score (nSPS) is 12.3. The summed E-state index contributed by atoms with van der Waals surface area (Å²) in [6.07, 6.45) is -0.0481. The fourth-order valence-corrected chi connectivity index (χ4v) is 4.00. The van der Waals surface area contributed by atoms with E-state index in [0.717, 1.165) is 27.4 Å². The number of imide groups is 1. The molecule has 2 amide bonds. The summed E-state index contributed by atoms with van der Waals surface area (Å²) >= 11 is 0. The molecule has 0 atom stereocenters. The summed E-state index contributed by atoms with van der Waals surface area (Å²) in [5.41, 5.74) is 2.69. The van der Waals surface area contributed by atoms with Gasteiger partial charge in [-0.15, -0.1) is 0 Å². The van der Waals surface area contributed by atoms with Gasteiger partial charge in [0.2, 0.25) is 0 Å². The van der Waals surface area contributed by atoms with E-state index in [1.165, 1.54) is 0 Å². The summed E-state index contributed by atoms with van der Waals surface area (Å²) in [5.74, 6) is -1.22. The average molecular weight is 469 g/mol. The van der Waals surface area contributed by atoms with Crippen molar-refractivity contribution in [2.45, 2.75) is 12.8 Å². The third-order valence-corrected chi connectivity index (χ3v) is 5.61. The third kappa shape index (κ3) is 5.35. The van der Waals surface area contributed by atoms with Crippen molar-refractivity contribution < 1.29 is 53.8 Å². The quantitative estimate of drug-likeness (QED) is 0.234. The first-order chi connectivity index (χ1) is 16.0. The number of benzene rings is 3. The predicted octanol–water partition coefficient (Wildman–Crippen LogP) is -0.497. The molecule has 0 spiro atoms. The van der Waals surface area contributed by atoms with Crippen molar-refractivity contribution in [3.05, 3.63) is 65.7 Å². The Hall–Kier alpha value is -3.07. The van der Waals surface area contributed by atoms with Crippen molar-refractivity contribution in [1.29, 1.82) is 0 Å². The van der Waals surface area contributed by atoms with Crippen LogP contribution in [-0.4, -0.2) is 49.4 Å². The van der Waals surface area contributed by atoms with Gasteiger partial charge < -0.3 is 25.3 Å². The van der Waals surface area contributed by atoms with Gasteiger partial charge in [-0.2, -0.15) is 0 Å². The van der Waals surface area contributed by atoms with E-state index in [2.05, 4.69) is 10.6 Å². The molecule has 0 unspecified atom stereocenters. The molecular weight excluding hydrogens is 445 g/mol. The molecule has 4 rings (SSSR count). The molecule has 170 valence electrons. The Balaban J connectivity index is 0.00000324. The largest absolute Gasteiger partial charge is 1.00 e. The maximum absolute atomic E-state index is 13.0. The summed E-state index contributed by atoms with van der Waals surface area (Å²) in [7, 11) is 1.63. The molecule has 0 fully saturated rings. The molecule has 3 aromatic rings. The number of anilines is 2. The maximum atomic E-state index is 13.0. The number of methoxy groups -OCH3 is 1. The number of carbonyl (C=O) groups is 3. The minimum Gasteiger partial charge on any atom is -0.550 e. The van der Waals surface area contributed by atoms with Gasteiger partial charge in [0, 0.05) is 58.9 Å². The number of hydrogen-bond donors (Lipinski definition) is 2. The molecular formula is C25H24N3NaO5. The van der Waals surface area contributed by atoms with Gasteiger partial charge in [0.25, 0.3) is 11.8 Å². The molecule has 1 aliphatic heterocycles. The number of aliphatic carboxylic acids is 1. The summed E-state index contributed by atoms with van der Waals surface area (Å²) in [6, 6.07) is 16.6. The van der Waals surface area contributed by atoms with Crippen LogP contribution in [0.5, 0.6) is 5.75 Å². The number of amides is 2. The maximum Gasteiger partial charge on any atom is 1.00 e. The van der Waals surface area contributed by atoms with Crippen molar-refractivity contribution in [3.63, 3.8) is 0 Å². The molecule has 8 nitrogen and oxygen atoms in total. The SMILES string of the molecule is COc1ccc(NCCNc2ccc3c4c(cccc24)C(=O)N(CCCC(=O)[O-])C3=O)cc1.[Na+]. The van der Waals surface area contributed by atoms with Gasteiger partial charge >= 0.3 is 29.6 Å². The molecule has 0 bridgehead atoms. The molecule has 2 N–H and O–H groups in total. The van der Waals surface area contributed by atoms with Crippen molar-refractivity contribution in [3.8, 4) is 5.75 Å². The molecule has 0 aliphatic carbocycles. The second-order valence-corrected chi connectivity index (χ2v) is 7.71. The Kier molecular flexibility index (Phi) is 8.55. The van der Waals surface area contributed by atoms with Gasteiger partial charge in [-0.1, -0.05) is 12.1 Å². The van der Waals surface area contributed by atoms with Crippen LogP contribution in [0.25, 0.3) is 10.8 Å². The fourth-order valence-electron chi connectivity index (χ4n) is 4.00. The van der Waals surface area contributed by atoms with E-state index in [1.54, 1.807) is 25.3 Å². The van der Waals surface area contributed by atoms with E-state index >= 15 is 0 Å². The van der Waals surface area contributed by atoms with Gasteiger partial charge in [-0.3, -0.25) is 14.5 Å². The Morgan fingerprint density at radius 3 is 2.29 bits per heavy atom. The van der Waals surface area contributed by atoms with E-state index in [1.807, 2.05) is 36.4 Å². The monoisotopic (exact) mass is 469 g/mol. The van der Waals surface area contributed by atoms with Crippen LogP contribution >= 0.6 is 0 Å². The van der Waals surface area contributed by atoms with Crippen LogP contribution in [0.15, 0.2) is 54.6 Å². The molecule has 34 heavy (non-hydrogen) atoms. The van der Waals surface area contributed by atoms with Crippen LogP contribution in [0.2, 0.25) is 0 Å². The van der Waals surface area contributed by atoms with Crippen LogP contribution < -0.4 is 50.0 Å². The Morgan fingerprint density at radius 1 is 0.941 bits per heavy atom. The average Bonchev–Trinajstić information content (AvgIpc) is 2.83. The first-order valence-electron chi connectivity index (χ1n) is 10.7. The number of hydrogen-bond acceptors (Lipinski definition) is 7. The van der Waals surface area contributed by atoms with Crippen LogP contribution in [0.1, 0.15) is 33.6 Å². The Bertz CT molecular complexity index is 1190. The van der Waals surface area contributed by atoms with E-state index < -0.39 is 17.8 Å². The van der Waals surface area contributed by atoms with E-state index in [4.69, 9.17) is 4.74 Å². The van der Waals surface area contributed by atoms with Crippen LogP contribution in [-0.2, 0) is 4.79 Å². The topological polar surface area (TPSA) is 111 Å².